The Kier molecular flexibility index (Phi) is 4.38. The first-order valence-corrected chi connectivity index (χ1v) is 3.33. The second-order valence-electron chi connectivity index (χ2n) is 1.92. The van der Waals surface area contributed by atoms with Crippen LogP contribution in [-0.4, -0.2) is 11.9 Å². The van der Waals surface area contributed by atoms with Gasteiger partial charge in [-0.1, -0.05) is 18.7 Å². The molecule has 0 bridgehead atoms. The van der Waals surface area contributed by atoms with Crippen molar-refractivity contribution in [1.29, 1.82) is 0 Å². The van der Waals surface area contributed by atoms with E-state index in [1.54, 1.807) is 6.08 Å². The number of rotatable bonds is 1. The zero-order valence-electron chi connectivity index (χ0n) is 6.87. The highest BCUT2D eigenvalue weighted by atomic mass is 16.6. The van der Waals surface area contributed by atoms with Crippen LogP contribution < -0.4 is 0 Å². The van der Waals surface area contributed by atoms with Crippen molar-refractivity contribution in [2.24, 2.45) is 0 Å². The van der Waals surface area contributed by atoms with E-state index >= 15 is 0 Å². The molecular weight excluding hydrogens is 156 g/mol. The first-order chi connectivity index (χ1) is 5.65. The lowest BCUT2D eigenvalue weighted by atomic mass is 10.3. The summed E-state index contributed by atoms with van der Waals surface area (Å²) in [7, 11) is 0. The standard InChI is InChI=1S/C6H4O3.C3H6/c1-2-4-3-5(7)9-6(4)8;1-3-2/h2-3H,1H2;3H,1H2,2H3. The minimum Gasteiger partial charge on any atom is -0.386 e. The number of allylic oxidation sites excluding steroid dienone is 1. The molecular formula is C9H10O3. The third-order valence-corrected chi connectivity index (χ3v) is 0.922. The highest BCUT2D eigenvalue weighted by molar-refractivity contribution is 6.10. The molecule has 0 amide bonds. The van der Waals surface area contributed by atoms with Crippen molar-refractivity contribution < 1.29 is 14.3 Å². The number of ether oxygens (including phenoxy) is 1. The Bertz CT molecular complexity index is 248. The molecule has 3 nitrogen and oxygen atoms in total. The topological polar surface area (TPSA) is 43.4 Å². The number of hydrogen-bond donors (Lipinski definition) is 0. The van der Waals surface area contributed by atoms with Gasteiger partial charge >= 0.3 is 11.9 Å². The largest absolute Gasteiger partial charge is 0.386 e. The van der Waals surface area contributed by atoms with E-state index in [0.717, 1.165) is 6.08 Å². The number of carbonyl (C=O) groups excluding carboxylic acids is 2. The van der Waals surface area contributed by atoms with Crippen LogP contribution >= 0.6 is 0 Å². The molecule has 1 rings (SSSR count). The number of hydrogen-bond acceptors (Lipinski definition) is 3. The highest BCUT2D eigenvalue weighted by Crippen LogP contribution is 2.07. The minimum absolute atomic E-state index is 0.222. The van der Waals surface area contributed by atoms with Crippen molar-refractivity contribution in [3.05, 3.63) is 37.0 Å². The van der Waals surface area contributed by atoms with Gasteiger partial charge in [0.1, 0.15) is 0 Å². The molecule has 1 heterocycles. The third-order valence-electron chi connectivity index (χ3n) is 0.922. The second-order valence-corrected chi connectivity index (χ2v) is 1.92. The second kappa shape index (κ2) is 5.07. The average Bonchev–Trinajstić information content (AvgIpc) is 2.31. The smallest absolute Gasteiger partial charge is 0.346 e. The molecule has 0 radical (unpaired) electrons. The Hall–Kier alpha value is -1.64. The van der Waals surface area contributed by atoms with Gasteiger partial charge in [0, 0.05) is 6.08 Å². The van der Waals surface area contributed by atoms with E-state index in [-0.39, 0.29) is 5.57 Å². The third kappa shape index (κ3) is 2.96. The molecule has 1 aliphatic rings. The Balaban J connectivity index is 0.000000354. The lowest BCUT2D eigenvalue weighted by Gasteiger charge is -1.85. The van der Waals surface area contributed by atoms with Gasteiger partial charge in [0.15, 0.2) is 0 Å². The molecule has 1 aliphatic heterocycles. The normalized spacial score (nSPS) is 13.9. The van der Waals surface area contributed by atoms with Crippen molar-refractivity contribution in [3.63, 3.8) is 0 Å². The van der Waals surface area contributed by atoms with E-state index in [2.05, 4.69) is 17.9 Å². The molecule has 0 aliphatic carbocycles. The summed E-state index contributed by atoms with van der Waals surface area (Å²) < 4.78 is 4.12. The van der Waals surface area contributed by atoms with E-state index in [4.69, 9.17) is 0 Å². The van der Waals surface area contributed by atoms with Gasteiger partial charge < -0.3 is 4.74 Å². The van der Waals surface area contributed by atoms with Crippen molar-refractivity contribution in [3.8, 4) is 0 Å². The van der Waals surface area contributed by atoms with Crippen molar-refractivity contribution >= 4 is 11.9 Å². The van der Waals surface area contributed by atoms with Crippen LogP contribution in [0.2, 0.25) is 0 Å². The number of carbonyl (C=O) groups is 2. The molecule has 0 atom stereocenters. The lowest BCUT2D eigenvalue weighted by Crippen LogP contribution is -1.99. The summed E-state index contributed by atoms with van der Waals surface area (Å²) in [6, 6.07) is 0. The van der Waals surface area contributed by atoms with E-state index in [0.29, 0.717) is 0 Å². The van der Waals surface area contributed by atoms with Gasteiger partial charge in [0.2, 0.25) is 0 Å². The summed E-state index contributed by atoms with van der Waals surface area (Å²) in [5, 5.41) is 0. The average molecular weight is 166 g/mol. The fraction of sp³-hybridized carbons (Fsp3) is 0.111. The van der Waals surface area contributed by atoms with Crippen LogP contribution in [0.5, 0.6) is 0 Å². The summed E-state index contributed by atoms with van der Waals surface area (Å²) in [4.78, 5) is 20.7. The van der Waals surface area contributed by atoms with E-state index in [1.165, 1.54) is 6.08 Å². The molecule has 0 unspecified atom stereocenters. The monoisotopic (exact) mass is 166 g/mol. The molecule has 0 aromatic carbocycles. The minimum atomic E-state index is -0.616. The van der Waals surface area contributed by atoms with Crippen molar-refractivity contribution in [2.75, 3.05) is 0 Å². The van der Waals surface area contributed by atoms with Crippen LogP contribution in [0.15, 0.2) is 37.0 Å². The van der Waals surface area contributed by atoms with E-state index in [9.17, 15) is 9.59 Å². The summed E-state index contributed by atoms with van der Waals surface area (Å²) in [6.07, 6.45) is 4.14. The van der Waals surface area contributed by atoms with Crippen LogP contribution in [0.25, 0.3) is 0 Å². The van der Waals surface area contributed by atoms with Crippen LogP contribution in [0.1, 0.15) is 6.92 Å². The van der Waals surface area contributed by atoms with Gasteiger partial charge in [-0.05, 0) is 6.92 Å². The quantitative estimate of drug-likeness (QED) is 0.335. The van der Waals surface area contributed by atoms with Gasteiger partial charge in [-0.3, -0.25) is 0 Å². The maximum Gasteiger partial charge on any atom is 0.346 e. The molecule has 0 aromatic heterocycles. The molecule has 0 N–H and O–H groups in total. The van der Waals surface area contributed by atoms with Crippen molar-refractivity contribution in [1.82, 2.24) is 0 Å². The molecule has 0 saturated carbocycles. The molecule has 3 heteroatoms. The maximum atomic E-state index is 10.4. The SMILES string of the molecule is C=CC.C=CC1=CC(=O)OC1=O. The molecule has 0 fully saturated rings. The van der Waals surface area contributed by atoms with Gasteiger partial charge in [0.25, 0.3) is 0 Å². The van der Waals surface area contributed by atoms with Gasteiger partial charge in [0.05, 0.1) is 5.57 Å². The van der Waals surface area contributed by atoms with Crippen LogP contribution in [-0.2, 0) is 14.3 Å². The number of esters is 2. The Labute approximate surface area is 71.0 Å². The van der Waals surface area contributed by atoms with Crippen LogP contribution in [0.3, 0.4) is 0 Å². The van der Waals surface area contributed by atoms with E-state index in [1.807, 2.05) is 6.92 Å². The maximum absolute atomic E-state index is 10.4. The zero-order chi connectivity index (χ0) is 9.56. The summed E-state index contributed by atoms with van der Waals surface area (Å²) in [5.74, 6) is -1.23. The van der Waals surface area contributed by atoms with Crippen LogP contribution in [0, 0.1) is 0 Å². The van der Waals surface area contributed by atoms with Gasteiger partial charge in [-0.15, -0.1) is 6.58 Å². The fourth-order valence-electron chi connectivity index (χ4n) is 0.508. The fourth-order valence-corrected chi connectivity index (χ4v) is 0.508. The first-order valence-electron chi connectivity index (χ1n) is 3.33. The number of cyclic esters (lactones) is 2. The first kappa shape index (κ1) is 10.4. The summed E-state index contributed by atoms with van der Waals surface area (Å²) in [6.45, 7) is 8.56. The zero-order valence-corrected chi connectivity index (χ0v) is 6.87. The van der Waals surface area contributed by atoms with E-state index < -0.39 is 11.9 Å². The molecule has 0 spiro atoms. The molecule has 0 saturated heterocycles. The van der Waals surface area contributed by atoms with Gasteiger partial charge in [-0.2, -0.15) is 0 Å². The van der Waals surface area contributed by atoms with Crippen LogP contribution in [0.4, 0.5) is 0 Å². The summed E-state index contributed by atoms with van der Waals surface area (Å²) >= 11 is 0. The molecule has 0 aromatic rings. The van der Waals surface area contributed by atoms with Crippen molar-refractivity contribution in [2.45, 2.75) is 6.92 Å². The molecule has 12 heavy (non-hydrogen) atoms. The Morgan fingerprint density at radius 2 is 1.92 bits per heavy atom. The van der Waals surface area contributed by atoms with Gasteiger partial charge in [-0.25, -0.2) is 9.59 Å². The Morgan fingerprint density at radius 1 is 1.42 bits per heavy atom. The Morgan fingerprint density at radius 3 is 2.08 bits per heavy atom. The lowest BCUT2D eigenvalue weighted by molar-refractivity contribution is -0.150. The highest BCUT2D eigenvalue weighted by Gasteiger charge is 2.20. The predicted molar refractivity (Wildman–Crippen MR) is 45.3 cm³/mol. The predicted octanol–water partition coefficient (Wildman–Crippen LogP) is 1.37. The summed E-state index contributed by atoms with van der Waals surface area (Å²) in [5.41, 5.74) is 0.222. The molecule has 64 valence electrons.